The van der Waals surface area contributed by atoms with Gasteiger partial charge in [0.2, 0.25) is 5.91 Å². The number of amides is 1. The largest absolute Gasteiger partial charge is 0.382 e. The number of morpholine rings is 1. The van der Waals surface area contributed by atoms with Crippen LogP contribution in [0.1, 0.15) is 46.5 Å². The van der Waals surface area contributed by atoms with Gasteiger partial charge in [-0.2, -0.15) is 0 Å². The maximum absolute atomic E-state index is 11.1. The molecule has 2 atom stereocenters. The number of carbonyl (C=O) groups excluding carboxylic acids is 1. The molecular weight excluding hydrogens is 314 g/mol. The molecule has 1 aliphatic carbocycles. The number of nitrogens with zero attached hydrogens (tertiary/aromatic N) is 1. The summed E-state index contributed by atoms with van der Waals surface area (Å²) in [4.78, 5) is 13.6. The molecule has 5 nitrogen and oxygen atoms in total. The summed E-state index contributed by atoms with van der Waals surface area (Å²) >= 11 is 0. The van der Waals surface area contributed by atoms with E-state index < -0.39 is 0 Å². The number of rotatable bonds is 4. The highest BCUT2D eigenvalue weighted by Gasteiger charge is 2.23. The Balaban J connectivity index is 1.51. The SMILES string of the molecule is CC(=O)NC1CCC(Nc2ccc(N3C[C@@H](C)O[C@@H](C)C3)cc2)CC1. The van der Waals surface area contributed by atoms with E-state index in [0.717, 1.165) is 38.8 Å². The van der Waals surface area contributed by atoms with Crippen molar-refractivity contribution < 1.29 is 9.53 Å². The Morgan fingerprint density at radius 3 is 2.12 bits per heavy atom. The second-order valence-corrected chi connectivity index (χ2v) is 7.60. The summed E-state index contributed by atoms with van der Waals surface area (Å²) in [7, 11) is 0. The van der Waals surface area contributed by atoms with E-state index in [9.17, 15) is 4.79 Å². The fourth-order valence-corrected chi connectivity index (χ4v) is 4.06. The normalized spacial score (nSPS) is 30.0. The quantitative estimate of drug-likeness (QED) is 0.880. The molecule has 25 heavy (non-hydrogen) atoms. The lowest BCUT2D eigenvalue weighted by molar-refractivity contribution is -0.119. The minimum atomic E-state index is 0.0822. The van der Waals surface area contributed by atoms with Crippen molar-refractivity contribution in [2.75, 3.05) is 23.3 Å². The van der Waals surface area contributed by atoms with Crippen LogP contribution in [0.25, 0.3) is 0 Å². The second-order valence-electron chi connectivity index (χ2n) is 7.60. The van der Waals surface area contributed by atoms with E-state index in [1.165, 1.54) is 11.4 Å². The maximum Gasteiger partial charge on any atom is 0.217 e. The first-order valence-electron chi connectivity index (χ1n) is 9.53. The topological polar surface area (TPSA) is 53.6 Å². The van der Waals surface area contributed by atoms with Gasteiger partial charge in [-0.1, -0.05) is 0 Å². The lowest BCUT2D eigenvalue weighted by Crippen LogP contribution is -2.45. The minimum absolute atomic E-state index is 0.0822. The molecule has 3 rings (SSSR count). The number of carbonyl (C=O) groups is 1. The van der Waals surface area contributed by atoms with Gasteiger partial charge in [0, 0.05) is 43.5 Å². The number of benzene rings is 1. The summed E-state index contributed by atoms with van der Waals surface area (Å²) in [6.45, 7) is 7.77. The number of ether oxygens (including phenoxy) is 1. The third-order valence-corrected chi connectivity index (χ3v) is 5.16. The molecule has 1 saturated heterocycles. The zero-order valence-corrected chi connectivity index (χ0v) is 15.6. The summed E-state index contributed by atoms with van der Waals surface area (Å²) in [5.41, 5.74) is 2.45. The fourth-order valence-electron chi connectivity index (χ4n) is 4.06. The van der Waals surface area contributed by atoms with Crippen LogP contribution in [0, 0.1) is 0 Å². The Hall–Kier alpha value is -1.75. The molecule has 5 heteroatoms. The van der Waals surface area contributed by atoms with Crippen LogP contribution in [0.4, 0.5) is 11.4 Å². The lowest BCUT2D eigenvalue weighted by Gasteiger charge is -2.37. The number of nitrogens with one attached hydrogen (secondary N) is 2. The van der Waals surface area contributed by atoms with Crippen molar-refractivity contribution in [1.29, 1.82) is 0 Å². The molecule has 1 aromatic rings. The van der Waals surface area contributed by atoms with Crippen LogP contribution in [0.5, 0.6) is 0 Å². The predicted octanol–water partition coefficient (Wildman–Crippen LogP) is 3.16. The molecule has 0 spiro atoms. The molecule has 0 aromatic heterocycles. The van der Waals surface area contributed by atoms with Crippen LogP contribution in [-0.4, -0.2) is 43.3 Å². The van der Waals surface area contributed by atoms with Gasteiger partial charge >= 0.3 is 0 Å². The van der Waals surface area contributed by atoms with Gasteiger partial charge in [-0.15, -0.1) is 0 Å². The standard InChI is InChI=1S/C20H31N3O2/c1-14-12-23(13-15(2)25-14)20-10-8-19(9-11-20)22-18-6-4-17(5-7-18)21-16(3)24/h8-11,14-15,17-18,22H,4-7,12-13H2,1-3H3,(H,21,24)/t14-,15+,17?,18?. The van der Waals surface area contributed by atoms with Gasteiger partial charge in [0.1, 0.15) is 0 Å². The van der Waals surface area contributed by atoms with Crippen molar-refractivity contribution in [2.45, 2.75) is 70.7 Å². The predicted molar refractivity (Wildman–Crippen MR) is 102 cm³/mol. The third-order valence-electron chi connectivity index (χ3n) is 5.16. The Morgan fingerprint density at radius 2 is 1.56 bits per heavy atom. The van der Waals surface area contributed by atoms with Crippen LogP contribution in [0.2, 0.25) is 0 Å². The Labute approximate surface area is 151 Å². The highest BCUT2D eigenvalue weighted by Crippen LogP contribution is 2.25. The summed E-state index contributed by atoms with van der Waals surface area (Å²) in [6, 6.07) is 9.62. The second kappa shape index (κ2) is 8.09. The van der Waals surface area contributed by atoms with Gasteiger partial charge in [-0.25, -0.2) is 0 Å². The van der Waals surface area contributed by atoms with E-state index in [0.29, 0.717) is 12.1 Å². The van der Waals surface area contributed by atoms with Crippen molar-refractivity contribution in [1.82, 2.24) is 5.32 Å². The molecule has 2 aliphatic rings. The molecule has 0 unspecified atom stereocenters. The van der Waals surface area contributed by atoms with Crippen LogP contribution in [0.15, 0.2) is 24.3 Å². The Kier molecular flexibility index (Phi) is 5.84. The van der Waals surface area contributed by atoms with E-state index in [4.69, 9.17) is 4.74 Å². The van der Waals surface area contributed by atoms with E-state index in [1.807, 2.05) is 0 Å². The molecule has 1 amide bonds. The van der Waals surface area contributed by atoms with Gasteiger partial charge in [-0.05, 0) is 63.8 Å². The van der Waals surface area contributed by atoms with E-state index in [2.05, 4.69) is 53.6 Å². The summed E-state index contributed by atoms with van der Waals surface area (Å²) in [6.07, 6.45) is 4.87. The van der Waals surface area contributed by atoms with E-state index in [1.54, 1.807) is 6.92 Å². The Bertz CT molecular complexity index is 557. The van der Waals surface area contributed by atoms with Crippen LogP contribution < -0.4 is 15.5 Å². The van der Waals surface area contributed by atoms with Gasteiger partial charge in [0.05, 0.1) is 12.2 Å². The molecule has 2 fully saturated rings. The number of hydrogen-bond donors (Lipinski definition) is 2. The molecule has 138 valence electrons. The summed E-state index contributed by atoms with van der Waals surface area (Å²) in [5.74, 6) is 0.0822. The zero-order valence-electron chi connectivity index (χ0n) is 15.6. The zero-order chi connectivity index (χ0) is 17.8. The highest BCUT2D eigenvalue weighted by molar-refractivity contribution is 5.73. The van der Waals surface area contributed by atoms with Crippen molar-refractivity contribution in [3.05, 3.63) is 24.3 Å². The van der Waals surface area contributed by atoms with Gasteiger partial charge in [0.25, 0.3) is 0 Å². The first-order valence-corrected chi connectivity index (χ1v) is 9.53. The molecule has 1 heterocycles. The van der Waals surface area contributed by atoms with Crippen molar-refractivity contribution in [3.8, 4) is 0 Å². The monoisotopic (exact) mass is 345 g/mol. The third kappa shape index (κ3) is 5.11. The molecule has 1 saturated carbocycles. The van der Waals surface area contributed by atoms with Gasteiger partial charge in [-0.3, -0.25) is 4.79 Å². The average Bonchev–Trinajstić information content (AvgIpc) is 2.56. The number of hydrogen-bond acceptors (Lipinski definition) is 4. The van der Waals surface area contributed by atoms with E-state index >= 15 is 0 Å². The van der Waals surface area contributed by atoms with Crippen molar-refractivity contribution in [3.63, 3.8) is 0 Å². The summed E-state index contributed by atoms with van der Waals surface area (Å²) in [5, 5.41) is 6.68. The van der Waals surface area contributed by atoms with Gasteiger partial charge in [0.15, 0.2) is 0 Å². The van der Waals surface area contributed by atoms with E-state index in [-0.39, 0.29) is 18.1 Å². The van der Waals surface area contributed by atoms with Crippen LogP contribution in [-0.2, 0) is 9.53 Å². The van der Waals surface area contributed by atoms with Crippen molar-refractivity contribution in [2.24, 2.45) is 0 Å². The van der Waals surface area contributed by atoms with Crippen LogP contribution in [0.3, 0.4) is 0 Å². The highest BCUT2D eigenvalue weighted by atomic mass is 16.5. The lowest BCUT2D eigenvalue weighted by atomic mass is 9.91. The molecular formula is C20H31N3O2. The first kappa shape index (κ1) is 18.1. The number of anilines is 2. The average molecular weight is 345 g/mol. The molecule has 1 aromatic carbocycles. The smallest absolute Gasteiger partial charge is 0.217 e. The summed E-state index contributed by atoms with van der Waals surface area (Å²) < 4.78 is 5.81. The van der Waals surface area contributed by atoms with Crippen LogP contribution >= 0.6 is 0 Å². The Morgan fingerprint density at radius 1 is 1.00 bits per heavy atom. The minimum Gasteiger partial charge on any atom is -0.382 e. The molecule has 2 N–H and O–H groups in total. The van der Waals surface area contributed by atoms with Gasteiger partial charge < -0.3 is 20.3 Å². The fraction of sp³-hybridized carbons (Fsp3) is 0.650. The maximum atomic E-state index is 11.1. The molecule has 0 bridgehead atoms. The first-order chi connectivity index (χ1) is 12.0. The molecule has 1 aliphatic heterocycles. The molecule has 0 radical (unpaired) electrons. The van der Waals surface area contributed by atoms with Crippen molar-refractivity contribution >= 4 is 17.3 Å².